The second kappa shape index (κ2) is 5.48. The lowest BCUT2D eigenvalue weighted by Gasteiger charge is -1.99. The van der Waals surface area contributed by atoms with Crippen LogP contribution < -0.4 is 0 Å². The van der Waals surface area contributed by atoms with Crippen LogP contribution in [0.3, 0.4) is 0 Å². The number of fused-ring (bicyclic) bond motifs is 1. The third-order valence-electron chi connectivity index (χ3n) is 2.62. The van der Waals surface area contributed by atoms with Crippen LogP contribution in [0.5, 0.6) is 0 Å². The van der Waals surface area contributed by atoms with Gasteiger partial charge >= 0.3 is 0 Å². The van der Waals surface area contributed by atoms with E-state index < -0.39 is 0 Å². The second-order valence-electron chi connectivity index (χ2n) is 3.70. The summed E-state index contributed by atoms with van der Waals surface area (Å²) in [7, 11) is 0. The summed E-state index contributed by atoms with van der Waals surface area (Å²) in [5, 5.41) is 10.5. The molecule has 0 N–H and O–H groups in total. The van der Waals surface area contributed by atoms with E-state index >= 15 is 0 Å². The number of aromatic nitrogens is 1. The van der Waals surface area contributed by atoms with Gasteiger partial charge in [-0.1, -0.05) is 11.6 Å². The molecule has 1 heterocycles. The first-order valence-electron chi connectivity index (χ1n) is 5.54. The van der Waals surface area contributed by atoms with E-state index in [-0.39, 0.29) is 0 Å². The largest absolute Gasteiger partial charge is 0.347 e. The number of aryl methyl sites for hydroxylation is 1. The summed E-state index contributed by atoms with van der Waals surface area (Å²) in [6.45, 7) is 3.06. The van der Waals surface area contributed by atoms with Gasteiger partial charge in [0.2, 0.25) is 0 Å². The summed E-state index contributed by atoms with van der Waals surface area (Å²) >= 11 is 7.75. The molecule has 0 radical (unpaired) electrons. The summed E-state index contributed by atoms with van der Waals surface area (Å²) in [5.74, 6) is 0.825. The maximum Gasteiger partial charge on any atom is 0.0630 e. The van der Waals surface area contributed by atoms with Gasteiger partial charge in [0.15, 0.2) is 0 Å². The zero-order chi connectivity index (χ0) is 12.3. The molecule has 0 unspecified atom stereocenters. The van der Waals surface area contributed by atoms with Crippen molar-refractivity contribution >= 4 is 34.3 Å². The Kier molecular flexibility index (Phi) is 3.98. The summed E-state index contributed by atoms with van der Waals surface area (Å²) in [6, 6.07) is 8.13. The molecule has 4 heteroatoms. The smallest absolute Gasteiger partial charge is 0.0630 e. The minimum Gasteiger partial charge on any atom is -0.347 e. The first-order chi connectivity index (χ1) is 8.26. The highest BCUT2D eigenvalue weighted by Crippen LogP contribution is 2.32. The SMILES string of the molecule is CCn1cc(SCCC#N)c2cc(Cl)ccc21. The fourth-order valence-corrected chi connectivity index (χ4v) is 2.93. The van der Waals surface area contributed by atoms with Crippen LogP contribution in [0.15, 0.2) is 29.3 Å². The molecule has 0 atom stereocenters. The monoisotopic (exact) mass is 264 g/mol. The molecule has 0 saturated carbocycles. The minimum absolute atomic E-state index is 0.573. The van der Waals surface area contributed by atoms with E-state index in [1.54, 1.807) is 11.8 Å². The maximum absolute atomic E-state index is 8.56. The van der Waals surface area contributed by atoms with Crippen molar-refractivity contribution in [2.24, 2.45) is 0 Å². The van der Waals surface area contributed by atoms with Crippen LogP contribution in [0.25, 0.3) is 10.9 Å². The van der Waals surface area contributed by atoms with Gasteiger partial charge in [0.05, 0.1) is 6.07 Å². The third kappa shape index (κ3) is 2.59. The lowest BCUT2D eigenvalue weighted by atomic mass is 10.2. The van der Waals surface area contributed by atoms with Crippen molar-refractivity contribution in [2.75, 3.05) is 5.75 Å². The number of nitriles is 1. The van der Waals surface area contributed by atoms with Gasteiger partial charge in [0, 0.05) is 45.7 Å². The number of thioether (sulfide) groups is 1. The van der Waals surface area contributed by atoms with Crippen molar-refractivity contribution in [1.82, 2.24) is 4.57 Å². The van der Waals surface area contributed by atoms with Gasteiger partial charge in [0.1, 0.15) is 0 Å². The van der Waals surface area contributed by atoms with E-state index in [0.29, 0.717) is 6.42 Å². The molecule has 2 rings (SSSR count). The Morgan fingerprint density at radius 1 is 1.47 bits per heavy atom. The van der Waals surface area contributed by atoms with Crippen LogP contribution in [0, 0.1) is 11.3 Å². The molecule has 17 heavy (non-hydrogen) atoms. The summed E-state index contributed by atoms with van der Waals surface area (Å²) in [4.78, 5) is 1.21. The summed E-state index contributed by atoms with van der Waals surface area (Å²) < 4.78 is 2.21. The quantitative estimate of drug-likeness (QED) is 0.608. The van der Waals surface area contributed by atoms with Crippen LogP contribution in [-0.4, -0.2) is 10.3 Å². The van der Waals surface area contributed by atoms with Gasteiger partial charge in [-0.05, 0) is 25.1 Å². The van der Waals surface area contributed by atoms with E-state index in [2.05, 4.69) is 29.8 Å². The van der Waals surface area contributed by atoms with Gasteiger partial charge in [0.25, 0.3) is 0 Å². The van der Waals surface area contributed by atoms with E-state index in [1.165, 1.54) is 15.8 Å². The Morgan fingerprint density at radius 3 is 3.00 bits per heavy atom. The highest BCUT2D eigenvalue weighted by Gasteiger charge is 2.08. The highest BCUT2D eigenvalue weighted by molar-refractivity contribution is 7.99. The molecule has 0 bridgehead atoms. The van der Waals surface area contributed by atoms with E-state index in [0.717, 1.165) is 17.3 Å². The van der Waals surface area contributed by atoms with Crippen LogP contribution in [-0.2, 0) is 6.54 Å². The predicted octanol–water partition coefficient (Wildman–Crippen LogP) is 4.32. The van der Waals surface area contributed by atoms with Crippen LogP contribution in [0.1, 0.15) is 13.3 Å². The summed E-state index contributed by atoms with van der Waals surface area (Å²) in [6.07, 6.45) is 2.72. The van der Waals surface area contributed by atoms with Crippen molar-refractivity contribution in [3.05, 3.63) is 29.4 Å². The molecule has 88 valence electrons. The Bertz CT molecular complexity index is 569. The highest BCUT2D eigenvalue weighted by atomic mass is 35.5. The Morgan fingerprint density at radius 2 is 2.29 bits per heavy atom. The van der Waals surface area contributed by atoms with Gasteiger partial charge < -0.3 is 4.57 Å². The van der Waals surface area contributed by atoms with Crippen molar-refractivity contribution in [1.29, 1.82) is 5.26 Å². The first kappa shape index (κ1) is 12.3. The molecular formula is C13H13ClN2S. The van der Waals surface area contributed by atoms with E-state index in [1.807, 2.05) is 12.1 Å². The second-order valence-corrected chi connectivity index (χ2v) is 5.27. The van der Waals surface area contributed by atoms with E-state index in [9.17, 15) is 0 Å². The number of benzene rings is 1. The van der Waals surface area contributed by atoms with Crippen molar-refractivity contribution in [3.63, 3.8) is 0 Å². The lowest BCUT2D eigenvalue weighted by Crippen LogP contribution is -1.89. The Labute approximate surface area is 110 Å². The third-order valence-corrected chi connectivity index (χ3v) is 3.90. The number of hydrogen-bond donors (Lipinski definition) is 0. The molecule has 0 aliphatic heterocycles. The molecule has 0 spiro atoms. The topological polar surface area (TPSA) is 28.7 Å². The molecule has 2 nitrogen and oxygen atoms in total. The van der Waals surface area contributed by atoms with Crippen LogP contribution in [0.2, 0.25) is 5.02 Å². The number of hydrogen-bond acceptors (Lipinski definition) is 2. The van der Waals surface area contributed by atoms with Crippen molar-refractivity contribution in [3.8, 4) is 6.07 Å². The molecular weight excluding hydrogens is 252 g/mol. The lowest BCUT2D eigenvalue weighted by molar-refractivity contribution is 0.792. The Balaban J connectivity index is 2.40. The van der Waals surface area contributed by atoms with Gasteiger partial charge in [-0.2, -0.15) is 5.26 Å². The summed E-state index contributed by atoms with van der Waals surface area (Å²) in [5.41, 5.74) is 1.20. The normalized spacial score (nSPS) is 10.6. The molecule has 0 amide bonds. The maximum atomic E-state index is 8.56. The molecule has 0 fully saturated rings. The number of halogens is 1. The molecule has 2 aromatic rings. The standard InChI is InChI=1S/C13H13ClN2S/c1-2-16-9-13(17-7-3-6-15)11-8-10(14)4-5-12(11)16/h4-5,8-9H,2-3,7H2,1H3. The minimum atomic E-state index is 0.573. The first-order valence-corrected chi connectivity index (χ1v) is 6.90. The van der Waals surface area contributed by atoms with E-state index in [4.69, 9.17) is 16.9 Å². The fourth-order valence-electron chi connectivity index (χ4n) is 1.82. The molecule has 0 aliphatic carbocycles. The van der Waals surface area contributed by atoms with Crippen LogP contribution in [0.4, 0.5) is 0 Å². The zero-order valence-electron chi connectivity index (χ0n) is 9.61. The van der Waals surface area contributed by atoms with Gasteiger partial charge in [-0.15, -0.1) is 11.8 Å². The average molecular weight is 265 g/mol. The predicted molar refractivity (Wildman–Crippen MR) is 73.6 cm³/mol. The fraction of sp³-hybridized carbons (Fsp3) is 0.308. The Hall–Kier alpha value is -1.11. The molecule has 0 aliphatic rings. The molecule has 0 saturated heterocycles. The number of nitrogens with zero attached hydrogens (tertiary/aromatic N) is 2. The van der Waals surface area contributed by atoms with Gasteiger partial charge in [-0.3, -0.25) is 0 Å². The number of rotatable bonds is 4. The van der Waals surface area contributed by atoms with Crippen molar-refractivity contribution in [2.45, 2.75) is 24.8 Å². The molecule has 1 aromatic heterocycles. The van der Waals surface area contributed by atoms with Crippen LogP contribution >= 0.6 is 23.4 Å². The van der Waals surface area contributed by atoms with Crippen molar-refractivity contribution < 1.29 is 0 Å². The van der Waals surface area contributed by atoms with Gasteiger partial charge in [-0.25, -0.2) is 0 Å². The zero-order valence-corrected chi connectivity index (χ0v) is 11.2. The molecule has 1 aromatic carbocycles. The average Bonchev–Trinajstić information content (AvgIpc) is 2.67.